The van der Waals surface area contributed by atoms with Crippen LogP contribution in [0.15, 0.2) is 12.4 Å². The Bertz CT molecular complexity index is 339. The SMILES string of the molecule is CCSCCN1CCNCC1c1nccn1C. The first-order valence-electron chi connectivity index (χ1n) is 6.32. The second-order valence-electron chi connectivity index (χ2n) is 4.35. The Morgan fingerprint density at radius 1 is 1.59 bits per heavy atom. The van der Waals surface area contributed by atoms with Gasteiger partial charge in [-0.2, -0.15) is 11.8 Å². The van der Waals surface area contributed by atoms with Gasteiger partial charge in [0.05, 0.1) is 6.04 Å². The van der Waals surface area contributed by atoms with E-state index in [1.165, 1.54) is 17.3 Å². The fourth-order valence-electron chi connectivity index (χ4n) is 2.29. The Hall–Kier alpha value is -0.520. The zero-order valence-corrected chi connectivity index (χ0v) is 11.5. The van der Waals surface area contributed by atoms with Crippen molar-refractivity contribution in [2.75, 3.05) is 37.7 Å². The Labute approximate surface area is 108 Å². The van der Waals surface area contributed by atoms with E-state index in [1.807, 2.05) is 24.2 Å². The summed E-state index contributed by atoms with van der Waals surface area (Å²) >= 11 is 2.02. The fourth-order valence-corrected chi connectivity index (χ4v) is 2.95. The molecular weight excluding hydrogens is 232 g/mol. The van der Waals surface area contributed by atoms with E-state index in [0.717, 1.165) is 26.2 Å². The van der Waals surface area contributed by atoms with E-state index in [9.17, 15) is 0 Å². The lowest BCUT2D eigenvalue weighted by molar-refractivity contribution is 0.163. The van der Waals surface area contributed by atoms with E-state index in [1.54, 1.807) is 0 Å². The average Bonchev–Trinajstić information content (AvgIpc) is 2.76. The maximum Gasteiger partial charge on any atom is 0.127 e. The minimum atomic E-state index is 0.432. The van der Waals surface area contributed by atoms with Crippen molar-refractivity contribution < 1.29 is 0 Å². The van der Waals surface area contributed by atoms with E-state index in [0.29, 0.717) is 6.04 Å². The van der Waals surface area contributed by atoms with Crippen LogP contribution in [-0.2, 0) is 7.05 Å². The van der Waals surface area contributed by atoms with Crippen molar-refractivity contribution in [2.24, 2.45) is 7.05 Å². The first kappa shape index (κ1) is 12.9. The molecule has 1 saturated heterocycles. The van der Waals surface area contributed by atoms with Crippen LogP contribution in [0.4, 0.5) is 0 Å². The third kappa shape index (κ3) is 3.24. The van der Waals surface area contributed by atoms with Crippen molar-refractivity contribution in [3.8, 4) is 0 Å². The van der Waals surface area contributed by atoms with Gasteiger partial charge in [0, 0.05) is 51.4 Å². The quantitative estimate of drug-likeness (QED) is 0.798. The maximum atomic E-state index is 4.49. The van der Waals surface area contributed by atoms with Gasteiger partial charge in [-0.05, 0) is 5.75 Å². The third-order valence-corrected chi connectivity index (χ3v) is 4.12. The highest BCUT2D eigenvalue weighted by atomic mass is 32.2. The van der Waals surface area contributed by atoms with Gasteiger partial charge in [-0.15, -0.1) is 0 Å². The lowest BCUT2D eigenvalue weighted by atomic mass is 10.2. The third-order valence-electron chi connectivity index (χ3n) is 3.24. The highest BCUT2D eigenvalue weighted by molar-refractivity contribution is 7.99. The molecule has 0 amide bonds. The van der Waals surface area contributed by atoms with E-state index < -0.39 is 0 Å². The average molecular weight is 254 g/mol. The lowest BCUT2D eigenvalue weighted by Gasteiger charge is -2.35. The summed E-state index contributed by atoms with van der Waals surface area (Å²) in [6.07, 6.45) is 3.92. The summed E-state index contributed by atoms with van der Waals surface area (Å²) in [5.74, 6) is 3.61. The number of hydrogen-bond donors (Lipinski definition) is 1. The van der Waals surface area contributed by atoms with Gasteiger partial charge < -0.3 is 9.88 Å². The summed E-state index contributed by atoms with van der Waals surface area (Å²) in [4.78, 5) is 7.05. The normalized spacial score (nSPS) is 21.9. The number of nitrogens with one attached hydrogen (secondary N) is 1. The highest BCUT2D eigenvalue weighted by Crippen LogP contribution is 2.20. The van der Waals surface area contributed by atoms with Crippen molar-refractivity contribution in [3.05, 3.63) is 18.2 Å². The standard InChI is InChI=1S/C12H22N4S/c1-3-17-9-8-16-7-4-13-10-11(16)12-14-5-6-15(12)2/h5-6,11,13H,3-4,7-10H2,1-2H3. The number of aryl methyl sites for hydroxylation is 1. The highest BCUT2D eigenvalue weighted by Gasteiger charge is 2.25. The number of thioether (sulfide) groups is 1. The van der Waals surface area contributed by atoms with Gasteiger partial charge in [0.1, 0.15) is 5.82 Å². The van der Waals surface area contributed by atoms with Crippen LogP contribution < -0.4 is 5.32 Å². The summed E-state index contributed by atoms with van der Waals surface area (Å²) in [7, 11) is 2.08. The van der Waals surface area contributed by atoms with Crippen LogP contribution in [0.3, 0.4) is 0 Å². The number of piperazine rings is 1. The molecule has 2 rings (SSSR count). The summed E-state index contributed by atoms with van der Waals surface area (Å²) in [5, 5.41) is 3.47. The largest absolute Gasteiger partial charge is 0.337 e. The van der Waals surface area contributed by atoms with Crippen LogP contribution in [0, 0.1) is 0 Å². The van der Waals surface area contributed by atoms with Crippen molar-refractivity contribution in [3.63, 3.8) is 0 Å². The smallest absolute Gasteiger partial charge is 0.127 e. The minimum absolute atomic E-state index is 0.432. The second-order valence-corrected chi connectivity index (χ2v) is 5.74. The molecular formula is C12H22N4S. The molecule has 1 N–H and O–H groups in total. The lowest BCUT2D eigenvalue weighted by Crippen LogP contribution is -2.47. The molecule has 5 heteroatoms. The van der Waals surface area contributed by atoms with Gasteiger partial charge in [0.15, 0.2) is 0 Å². The Morgan fingerprint density at radius 2 is 2.47 bits per heavy atom. The van der Waals surface area contributed by atoms with Gasteiger partial charge in [0.25, 0.3) is 0 Å². The van der Waals surface area contributed by atoms with Gasteiger partial charge in [-0.1, -0.05) is 6.92 Å². The molecule has 2 heterocycles. The monoisotopic (exact) mass is 254 g/mol. The predicted molar refractivity (Wildman–Crippen MR) is 73.4 cm³/mol. The summed E-state index contributed by atoms with van der Waals surface area (Å²) in [5.41, 5.74) is 0. The Kier molecular flexibility index (Phi) is 4.88. The molecule has 4 nitrogen and oxygen atoms in total. The van der Waals surface area contributed by atoms with Crippen LogP contribution in [-0.4, -0.2) is 52.1 Å². The molecule has 1 fully saturated rings. The first-order valence-corrected chi connectivity index (χ1v) is 7.48. The Balaban J connectivity index is 1.99. The number of nitrogens with zero attached hydrogens (tertiary/aromatic N) is 3. The second kappa shape index (κ2) is 6.42. The van der Waals surface area contributed by atoms with Gasteiger partial charge in [-0.25, -0.2) is 4.98 Å². The molecule has 1 aliphatic heterocycles. The number of hydrogen-bond acceptors (Lipinski definition) is 4. The fraction of sp³-hybridized carbons (Fsp3) is 0.750. The molecule has 0 spiro atoms. The molecule has 0 bridgehead atoms. The molecule has 0 saturated carbocycles. The maximum absolute atomic E-state index is 4.49. The zero-order valence-electron chi connectivity index (χ0n) is 10.7. The minimum Gasteiger partial charge on any atom is -0.337 e. The molecule has 0 aliphatic carbocycles. The van der Waals surface area contributed by atoms with Gasteiger partial charge in [0.2, 0.25) is 0 Å². The van der Waals surface area contributed by atoms with Crippen LogP contribution >= 0.6 is 11.8 Å². The van der Waals surface area contributed by atoms with E-state index >= 15 is 0 Å². The van der Waals surface area contributed by atoms with E-state index in [-0.39, 0.29) is 0 Å². The topological polar surface area (TPSA) is 33.1 Å². The van der Waals surface area contributed by atoms with Crippen molar-refractivity contribution >= 4 is 11.8 Å². The van der Waals surface area contributed by atoms with E-state index in [2.05, 4.69) is 33.7 Å². The van der Waals surface area contributed by atoms with Crippen LogP contribution in [0.2, 0.25) is 0 Å². The van der Waals surface area contributed by atoms with Crippen molar-refractivity contribution in [2.45, 2.75) is 13.0 Å². The molecule has 0 radical (unpaired) electrons. The molecule has 1 aromatic heterocycles. The molecule has 1 aromatic rings. The van der Waals surface area contributed by atoms with Gasteiger partial charge >= 0.3 is 0 Å². The predicted octanol–water partition coefficient (Wildman–Crippen LogP) is 1.12. The first-order chi connectivity index (χ1) is 8.33. The Morgan fingerprint density at radius 3 is 3.18 bits per heavy atom. The van der Waals surface area contributed by atoms with Crippen molar-refractivity contribution in [1.82, 2.24) is 19.8 Å². The summed E-state index contributed by atoms with van der Waals surface area (Å²) in [6.45, 7) is 6.62. The molecule has 1 unspecified atom stereocenters. The zero-order chi connectivity index (χ0) is 12.1. The molecule has 17 heavy (non-hydrogen) atoms. The molecule has 0 aromatic carbocycles. The van der Waals surface area contributed by atoms with Crippen molar-refractivity contribution in [1.29, 1.82) is 0 Å². The number of rotatable bonds is 5. The van der Waals surface area contributed by atoms with Crippen LogP contribution in [0.25, 0.3) is 0 Å². The summed E-state index contributed by atoms with van der Waals surface area (Å²) < 4.78 is 2.14. The number of aromatic nitrogens is 2. The van der Waals surface area contributed by atoms with Gasteiger partial charge in [-0.3, -0.25) is 4.90 Å². The van der Waals surface area contributed by atoms with Crippen LogP contribution in [0.5, 0.6) is 0 Å². The molecule has 96 valence electrons. The molecule has 1 aliphatic rings. The number of imidazole rings is 1. The van der Waals surface area contributed by atoms with Crippen LogP contribution in [0.1, 0.15) is 18.8 Å². The summed E-state index contributed by atoms with van der Waals surface area (Å²) in [6, 6.07) is 0.432. The molecule has 1 atom stereocenters. The van der Waals surface area contributed by atoms with E-state index in [4.69, 9.17) is 0 Å².